The molecule has 0 bridgehead atoms. The molecule has 0 atom stereocenters. The van der Waals surface area contributed by atoms with Crippen LogP contribution in [0.15, 0.2) is 4.99 Å². The number of carboxylic acids is 1. The van der Waals surface area contributed by atoms with Gasteiger partial charge in [-0.25, -0.2) is 0 Å². The molecule has 0 aromatic heterocycles. The molecule has 0 aliphatic heterocycles. The molecule has 0 aliphatic rings. The normalized spacial score (nSPS) is 11.5. The van der Waals surface area contributed by atoms with Gasteiger partial charge in [-0.2, -0.15) is 0 Å². The summed E-state index contributed by atoms with van der Waals surface area (Å²) in [6.07, 6.45) is 7.71. The van der Waals surface area contributed by atoms with Crippen molar-refractivity contribution in [3.63, 3.8) is 0 Å². The summed E-state index contributed by atoms with van der Waals surface area (Å²) < 4.78 is 0. The minimum absolute atomic E-state index is 0. The van der Waals surface area contributed by atoms with Crippen LogP contribution >= 0.6 is 0 Å². The third kappa shape index (κ3) is 18.2. The molecule has 0 unspecified atom stereocenters. The maximum atomic E-state index is 11.7. The zero-order chi connectivity index (χ0) is 17.3. The van der Waals surface area contributed by atoms with Crippen molar-refractivity contribution in [2.75, 3.05) is 32.8 Å². The first-order valence-corrected chi connectivity index (χ1v) is 8.85. The average Bonchev–Trinajstić information content (AvgIpc) is 2.52. The van der Waals surface area contributed by atoms with Gasteiger partial charge in [0.2, 0.25) is 0 Å². The number of aliphatic hydroxyl groups excluding tert-OH is 1. The van der Waals surface area contributed by atoms with Gasteiger partial charge in [0.05, 0.1) is 13.0 Å². The minimum Gasteiger partial charge on any atom is -0.862 e. The first kappa shape index (κ1) is 26.1. The SMILES string of the molecule is CCCCCCCC([O-])=NCCN(CCCCO)CCC(=O)O.[Na+]. The molecular formula is C17H33N2NaO4. The van der Waals surface area contributed by atoms with Gasteiger partial charge in [0.25, 0.3) is 0 Å². The van der Waals surface area contributed by atoms with Gasteiger partial charge >= 0.3 is 35.5 Å². The van der Waals surface area contributed by atoms with Crippen molar-refractivity contribution < 1.29 is 49.7 Å². The Kier molecular flexibility index (Phi) is 20.9. The van der Waals surface area contributed by atoms with Crippen molar-refractivity contribution in [2.45, 2.75) is 64.7 Å². The van der Waals surface area contributed by atoms with E-state index in [1.54, 1.807) is 0 Å². The zero-order valence-corrected chi connectivity index (χ0v) is 17.5. The van der Waals surface area contributed by atoms with E-state index < -0.39 is 5.97 Å². The van der Waals surface area contributed by atoms with Crippen LogP contribution in [0, 0.1) is 0 Å². The molecule has 2 N–H and O–H groups in total. The fourth-order valence-corrected chi connectivity index (χ4v) is 2.31. The van der Waals surface area contributed by atoms with Crippen LogP contribution in [0.4, 0.5) is 0 Å². The second-order valence-electron chi connectivity index (χ2n) is 5.86. The standard InChI is InChI=1S/C17H34N2O4.Na/c1-2-3-4-5-6-9-16(21)18-11-14-19(12-7-8-15-20)13-10-17(22)23;/h20H,2-15H2,1H3,(H,18,21)(H,22,23);/q;+1/p-1. The number of carboxylic acid groups (broad SMARTS) is 1. The largest absolute Gasteiger partial charge is 1.00 e. The summed E-state index contributed by atoms with van der Waals surface area (Å²) >= 11 is 0. The van der Waals surface area contributed by atoms with Gasteiger partial charge in [-0.3, -0.25) is 4.79 Å². The van der Waals surface area contributed by atoms with Crippen LogP contribution in [-0.2, 0) is 4.79 Å². The third-order valence-corrected chi connectivity index (χ3v) is 3.72. The number of hydrogen-bond acceptors (Lipinski definition) is 5. The summed E-state index contributed by atoms with van der Waals surface area (Å²) in [5.74, 6) is -0.868. The summed E-state index contributed by atoms with van der Waals surface area (Å²) in [7, 11) is 0. The van der Waals surface area contributed by atoms with Gasteiger partial charge in [0.15, 0.2) is 0 Å². The molecule has 0 rings (SSSR count). The quantitative estimate of drug-likeness (QED) is 0.155. The molecule has 6 nitrogen and oxygen atoms in total. The number of nitrogens with zero attached hydrogens (tertiary/aromatic N) is 2. The van der Waals surface area contributed by atoms with Gasteiger partial charge in [0, 0.05) is 19.7 Å². The first-order chi connectivity index (χ1) is 11.1. The van der Waals surface area contributed by atoms with Gasteiger partial charge < -0.3 is 25.2 Å². The topological polar surface area (TPSA) is 96.2 Å². The van der Waals surface area contributed by atoms with Gasteiger partial charge in [-0.1, -0.05) is 32.6 Å². The fraction of sp³-hybridized carbons (Fsp3) is 0.882. The van der Waals surface area contributed by atoms with Crippen molar-refractivity contribution in [1.82, 2.24) is 4.90 Å². The van der Waals surface area contributed by atoms with E-state index in [2.05, 4.69) is 11.9 Å². The molecule has 0 aliphatic carbocycles. The van der Waals surface area contributed by atoms with Crippen molar-refractivity contribution in [3.8, 4) is 0 Å². The molecule has 0 spiro atoms. The summed E-state index contributed by atoms with van der Waals surface area (Å²) in [6.45, 7) is 4.52. The first-order valence-electron chi connectivity index (χ1n) is 8.85. The van der Waals surface area contributed by atoms with Crippen LogP contribution in [0.1, 0.15) is 64.7 Å². The Hall–Kier alpha value is -0.140. The number of carbonyl (C=O) groups is 1. The van der Waals surface area contributed by atoms with Gasteiger partial charge in [-0.05, 0) is 38.1 Å². The van der Waals surface area contributed by atoms with E-state index in [0.717, 1.165) is 25.8 Å². The van der Waals surface area contributed by atoms with Crippen LogP contribution in [0.2, 0.25) is 0 Å². The molecule has 136 valence electrons. The predicted molar refractivity (Wildman–Crippen MR) is 90.7 cm³/mol. The van der Waals surface area contributed by atoms with E-state index in [-0.39, 0.29) is 48.5 Å². The van der Waals surface area contributed by atoms with E-state index in [9.17, 15) is 9.90 Å². The van der Waals surface area contributed by atoms with Crippen molar-refractivity contribution in [1.29, 1.82) is 0 Å². The molecule has 0 aromatic rings. The molecule has 7 heteroatoms. The number of hydrogen-bond donors (Lipinski definition) is 2. The zero-order valence-electron chi connectivity index (χ0n) is 15.5. The van der Waals surface area contributed by atoms with E-state index in [4.69, 9.17) is 10.2 Å². The number of unbranched alkanes of at least 4 members (excludes halogenated alkanes) is 5. The van der Waals surface area contributed by atoms with Gasteiger partial charge in [-0.15, -0.1) is 0 Å². The van der Waals surface area contributed by atoms with Crippen LogP contribution in [-0.4, -0.2) is 59.8 Å². The maximum Gasteiger partial charge on any atom is 1.00 e. The van der Waals surface area contributed by atoms with Crippen molar-refractivity contribution in [2.24, 2.45) is 4.99 Å². The second-order valence-corrected chi connectivity index (χ2v) is 5.86. The Labute approximate surface area is 168 Å². The monoisotopic (exact) mass is 352 g/mol. The maximum absolute atomic E-state index is 11.7. The molecular weight excluding hydrogens is 319 g/mol. The fourth-order valence-electron chi connectivity index (χ4n) is 2.31. The van der Waals surface area contributed by atoms with Crippen molar-refractivity contribution >= 4 is 11.9 Å². The van der Waals surface area contributed by atoms with Crippen LogP contribution < -0.4 is 34.7 Å². The van der Waals surface area contributed by atoms with E-state index in [0.29, 0.717) is 32.5 Å². The Morgan fingerprint density at radius 1 is 1.00 bits per heavy atom. The van der Waals surface area contributed by atoms with E-state index in [1.165, 1.54) is 19.3 Å². The number of aliphatic imine (C=N–C) groups is 1. The van der Waals surface area contributed by atoms with Crippen molar-refractivity contribution in [3.05, 3.63) is 0 Å². The summed E-state index contributed by atoms with van der Waals surface area (Å²) in [6, 6.07) is 0. The molecule has 0 amide bonds. The number of aliphatic carboxylic acids is 1. The molecule has 0 heterocycles. The Balaban J connectivity index is 0. The molecule has 0 radical (unpaired) electrons. The molecule has 0 saturated heterocycles. The van der Waals surface area contributed by atoms with Crippen LogP contribution in [0.5, 0.6) is 0 Å². The molecule has 0 saturated carbocycles. The third-order valence-electron chi connectivity index (χ3n) is 3.72. The van der Waals surface area contributed by atoms with Crippen LogP contribution in [0.25, 0.3) is 0 Å². The minimum atomic E-state index is -0.822. The number of rotatable bonds is 16. The van der Waals surface area contributed by atoms with Crippen LogP contribution in [0.3, 0.4) is 0 Å². The number of aliphatic hydroxyl groups is 1. The van der Waals surface area contributed by atoms with Gasteiger partial charge in [0.1, 0.15) is 0 Å². The Morgan fingerprint density at radius 2 is 1.71 bits per heavy atom. The molecule has 0 fully saturated rings. The molecule has 24 heavy (non-hydrogen) atoms. The summed E-state index contributed by atoms with van der Waals surface area (Å²) in [4.78, 5) is 16.7. The average molecular weight is 352 g/mol. The summed E-state index contributed by atoms with van der Waals surface area (Å²) in [5, 5.41) is 29.2. The second kappa shape index (κ2) is 19.2. The Bertz CT molecular complexity index is 328. The molecule has 0 aromatic carbocycles. The Morgan fingerprint density at radius 3 is 2.33 bits per heavy atom. The van der Waals surface area contributed by atoms with E-state index >= 15 is 0 Å². The predicted octanol–water partition coefficient (Wildman–Crippen LogP) is -1.34. The van der Waals surface area contributed by atoms with E-state index in [1.807, 2.05) is 4.90 Å². The smallest absolute Gasteiger partial charge is 0.862 e. The summed E-state index contributed by atoms with van der Waals surface area (Å²) in [5.41, 5.74) is 0.